The van der Waals surface area contributed by atoms with Gasteiger partial charge in [-0.2, -0.15) is 5.01 Å². The van der Waals surface area contributed by atoms with Crippen LogP contribution in [0.1, 0.15) is 42.5 Å². The molecule has 0 atom stereocenters. The monoisotopic (exact) mass is 362 g/mol. The number of carbonyl (C=O) groups excluding carboxylic acids is 3. The molecule has 2 N–H and O–H groups in total. The van der Waals surface area contributed by atoms with E-state index < -0.39 is 28.3 Å². The van der Waals surface area contributed by atoms with Crippen LogP contribution in [0.5, 0.6) is 5.75 Å². The van der Waals surface area contributed by atoms with Crippen LogP contribution in [0.3, 0.4) is 0 Å². The average molecular weight is 362 g/mol. The molecule has 1 aliphatic carbocycles. The number of benzene rings is 1. The van der Waals surface area contributed by atoms with Gasteiger partial charge >= 0.3 is 11.7 Å². The number of nitro groups is 1. The summed E-state index contributed by atoms with van der Waals surface area (Å²) in [6.07, 6.45) is 3.68. The van der Waals surface area contributed by atoms with Gasteiger partial charge in [0.05, 0.1) is 12.0 Å². The Hall–Kier alpha value is -3.17. The lowest BCUT2D eigenvalue weighted by molar-refractivity contribution is -0.385. The molecule has 1 saturated heterocycles. The summed E-state index contributed by atoms with van der Waals surface area (Å²) in [5.74, 6) is -1.30. The van der Waals surface area contributed by atoms with Crippen molar-refractivity contribution in [3.8, 4) is 5.75 Å². The molecule has 3 rings (SSSR count). The molecular weight excluding hydrogens is 344 g/mol. The minimum atomic E-state index is -0.964. The Balaban J connectivity index is 1.80. The Morgan fingerprint density at radius 2 is 2.00 bits per heavy atom. The number of urea groups is 1. The minimum Gasteiger partial charge on any atom is -0.490 e. The number of nitrogens with zero attached hydrogens (tertiary/aromatic N) is 2. The summed E-state index contributed by atoms with van der Waals surface area (Å²) in [7, 11) is 1.28. The number of nitro benzene ring substituents is 1. The summed E-state index contributed by atoms with van der Waals surface area (Å²) in [4.78, 5) is 47.6. The first kappa shape index (κ1) is 17.6. The number of methoxy groups -OCH3 is 1. The average Bonchev–Trinajstić information content (AvgIpc) is 2.85. The predicted molar refractivity (Wildman–Crippen MR) is 88.3 cm³/mol. The maximum absolute atomic E-state index is 12.6. The number of hydrazine groups is 1. The molecule has 1 aromatic carbocycles. The number of amides is 4. The summed E-state index contributed by atoms with van der Waals surface area (Å²) < 4.78 is 4.88. The van der Waals surface area contributed by atoms with E-state index in [4.69, 9.17) is 4.74 Å². The van der Waals surface area contributed by atoms with Crippen LogP contribution < -0.4 is 15.5 Å². The SMILES string of the molecule is COc1ccc(C(=O)NN2C(=O)NC3(CCCCC3)C2=O)cc1[N+](=O)[O-]. The van der Waals surface area contributed by atoms with Gasteiger partial charge in [0, 0.05) is 11.6 Å². The Morgan fingerprint density at radius 3 is 2.62 bits per heavy atom. The lowest BCUT2D eigenvalue weighted by Gasteiger charge is -2.30. The van der Waals surface area contributed by atoms with E-state index in [1.165, 1.54) is 19.2 Å². The smallest absolute Gasteiger partial charge is 0.344 e. The van der Waals surface area contributed by atoms with Crippen molar-refractivity contribution in [1.82, 2.24) is 15.8 Å². The molecule has 2 aliphatic rings. The van der Waals surface area contributed by atoms with Gasteiger partial charge in [0.25, 0.3) is 11.8 Å². The third-order valence-corrected chi connectivity index (χ3v) is 4.72. The molecule has 1 saturated carbocycles. The molecule has 0 unspecified atom stereocenters. The Kier molecular flexibility index (Phi) is 4.49. The molecule has 1 aromatic rings. The van der Waals surface area contributed by atoms with Gasteiger partial charge in [-0.25, -0.2) is 4.79 Å². The van der Waals surface area contributed by atoms with E-state index in [-0.39, 0.29) is 17.0 Å². The topological polar surface area (TPSA) is 131 Å². The number of hydrogen-bond acceptors (Lipinski definition) is 6. The van der Waals surface area contributed by atoms with Crippen LogP contribution in [0.4, 0.5) is 10.5 Å². The van der Waals surface area contributed by atoms with Gasteiger partial charge in [-0.1, -0.05) is 19.3 Å². The Labute approximate surface area is 148 Å². The van der Waals surface area contributed by atoms with E-state index in [2.05, 4.69) is 10.7 Å². The van der Waals surface area contributed by atoms with E-state index in [0.717, 1.165) is 25.3 Å². The number of imide groups is 1. The Morgan fingerprint density at radius 1 is 1.31 bits per heavy atom. The predicted octanol–water partition coefficient (Wildman–Crippen LogP) is 1.50. The molecule has 10 nitrogen and oxygen atoms in total. The number of hydrogen-bond donors (Lipinski definition) is 2. The van der Waals surface area contributed by atoms with Crippen LogP contribution in [-0.2, 0) is 4.79 Å². The molecular formula is C16H18N4O6. The highest BCUT2D eigenvalue weighted by Crippen LogP contribution is 2.33. The number of nitrogens with one attached hydrogen (secondary N) is 2. The molecule has 4 amide bonds. The molecule has 2 fully saturated rings. The molecule has 26 heavy (non-hydrogen) atoms. The zero-order valence-electron chi connectivity index (χ0n) is 14.1. The molecule has 1 heterocycles. The molecule has 1 aliphatic heterocycles. The Bertz CT molecular complexity index is 787. The standard InChI is InChI=1S/C16H18N4O6/c1-26-12-6-5-10(9-11(12)20(24)25)13(21)18-19-14(22)16(17-15(19)23)7-3-2-4-8-16/h5-6,9H,2-4,7-8H2,1H3,(H,17,23)(H,18,21). The summed E-state index contributed by atoms with van der Waals surface area (Å²) in [6, 6.07) is 2.92. The zero-order chi connectivity index (χ0) is 18.9. The van der Waals surface area contributed by atoms with Gasteiger partial charge in [-0.05, 0) is 25.0 Å². The van der Waals surface area contributed by atoms with E-state index in [9.17, 15) is 24.5 Å². The van der Waals surface area contributed by atoms with Crippen molar-refractivity contribution in [3.63, 3.8) is 0 Å². The van der Waals surface area contributed by atoms with E-state index in [1.54, 1.807) is 0 Å². The first-order valence-electron chi connectivity index (χ1n) is 8.18. The van der Waals surface area contributed by atoms with Gasteiger partial charge in [0.2, 0.25) is 0 Å². The van der Waals surface area contributed by atoms with Gasteiger partial charge in [-0.3, -0.25) is 25.1 Å². The summed E-state index contributed by atoms with van der Waals surface area (Å²) >= 11 is 0. The van der Waals surface area contributed by atoms with Gasteiger partial charge in [0.15, 0.2) is 5.75 Å². The van der Waals surface area contributed by atoms with Crippen LogP contribution in [-0.4, -0.2) is 40.4 Å². The van der Waals surface area contributed by atoms with Gasteiger partial charge in [0.1, 0.15) is 5.54 Å². The highest BCUT2D eigenvalue weighted by atomic mass is 16.6. The molecule has 0 radical (unpaired) electrons. The van der Waals surface area contributed by atoms with E-state index in [1.807, 2.05) is 0 Å². The van der Waals surface area contributed by atoms with E-state index in [0.29, 0.717) is 17.9 Å². The lowest BCUT2D eigenvalue weighted by atomic mass is 9.82. The second-order valence-electron chi connectivity index (χ2n) is 6.30. The largest absolute Gasteiger partial charge is 0.490 e. The van der Waals surface area contributed by atoms with Crippen molar-refractivity contribution in [1.29, 1.82) is 0 Å². The highest BCUT2D eigenvalue weighted by Gasteiger charge is 2.52. The van der Waals surface area contributed by atoms with Crippen molar-refractivity contribution >= 4 is 23.5 Å². The van der Waals surface area contributed by atoms with E-state index >= 15 is 0 Å². The fraction of sp³-hybridized carbons (Fsp3) is 0.438. The van der Waals surface area contributed by atoms with Crippen molar-refractivity contribution in [2.45, 2.75) is 37.6 Å². The maximum Gasteiger partial charge on any atom is 0.344 e. The van der Waals surface area contributed by atoms with Gasteiger partial charge in [-0.15, -0.1) is 0 Å². The molecule has 0 aromatic heterocycles. The van der Waals surface area contributed by atoms with Crippen molar-refractivity contribution in [2.24, 2.45) is 0 Å². The van der Waals surface area contributed by atoms with Crippen LogP contribution in [0.2, 0.25) is 0 Å². The van der Waals surface area contributed by atoms with Crippen LogP contribution in [0.25, 0.3) is 0 Å². The first-order chi connectivity index (χ1) is 12.4. The van der Waals surface area contributed by atoms with Gasteiger partial charge < -0.3 is 10.1 Å². The molecule has 138 valence electrons. The molecule has 10 heteroatoms. The maximum atomic E-state index is 12.6. The number of ether oxygens (including phenoxy) is 1. The number of carbonyl (C=O) groups is 3. The van der Waals surface area contributed by atoms with Crippen molar-refractivity contribution < 1.29 is 24.0 Å². The van der Waals surface area contributed by atoms with Crippen molar-refractivity contribution in [3.05, 3.63) is 33.9 Å². The molecule has 1 spiro atoms. The minimum absolute atomic E-state index is 0.00250. The summed E-state index contributed by atoms with van der Waals surface area (Å²) in [5, 5.41) is 14.4. The third-order valence-electron chi connectivity index (χ3n) is 4.72. The normalized spacial score (nSPS) is 18.6. The van der Waals surface area contributed by atoms with Crippen LogP contribution >= 0.6 is 0 Å². The summed E-state index contributed by atoms with van der Waals surface area (Å²) in [5.41, 5.74) is 0.821. The second kappa shape index (κ2) is 6.62. The first-order valence-corrected chi connectivity index (χ1v) is 8.18. The lowest BCUT2D eigenvalue weighted by Crippen LogP contribution is -2.50. The quantitative estimate of drug-likeness (QED) is 0.474. The fourth-order valence-corrected chi connectivity index (χ4v) is 3.36. The molecule has 0 bridgehead atoms. The van der Waals surface area contributed by atoms with Crippen molar-refractivity contribution in [2.75, 3.05) is 7.11 Å². The third kappa shape index (κ3) is 2.93. The van der Waals surface area contributed by atoms with Crippen LogP contribution in [0, 0.1) is 10.1 Å². The fourth-order valence-electron chi connectivity index (χ4n) is 3.36. The van der Waals surface area contributed by atoms with Crippen LogP contribution in [0.15, 0.2) is 18.2 Å². The highest BCUT2D eigenvalue weighted by molar-refractivity contribution is 6.09. The summed E-state index contributed by atoms with van der Waals surface area (Å²) in [6.45, 7) is 0. The number of rotatable bonds is 4. The zero-order valence-corrected chi connectivity index (χ0v) is 14.1. The second-order valence-corrected chi connectivity index (χ2v) is 6.30.